The van der Waals surface area contributed by atoms with Crippen molar-refractivity contribution in [1.29, 1.82) is 0 Å². The Hall–Kier alpha value is -4.00. The summed E-state index contributed by atoms with van der Waals surface area (Å²) in [4.78, 5) is 0. The Bertz CT molecular complexity index is 1270. The average Bonchev–Trinajstić information content (AvgIpc) is 3.11. The number of nitrogens with one attached hydrogen (secondary N) is 2. The van der Waals surface area contributed by atoms with Gasteiger partial charge in [-0.1, -0.05) is 111 Å². The van der Waals surface area contributed by atoms with Gasteiger partial charge in [-0.3, -0.25) is 0 Å². The summed E-state index contributed by atoms with van der Waals surface area (Å²) in [7, 11) is 3.39. The van der Waals surface area contributed by atoms with Crippen LogP contribution in [-0.2, 0) is 26.3 Å². The molecule has 0 saturated heterocycles. The van der Waals surface area contributed by atoms with E-state index in [1.54, 1.807) is 14.2 Å². The van der Waals surface area contributed by atoms with Crippen LogP contribution in [0.1, 0.15) is 73.6 Å². The zero-order valence-electron chi connectivity index (χ0n) is 27.8. The van der Waals surface area contributed by atoms with Crippen molar-refractivity contribution in [2.45, 2.75) is 77.7 Å². The van der Waals surface area contributed by atoms with Gasteiger partial charge >= 0.3 is 0 Å². The van der Waals surface area contributed by atoms with Crippen molar-refractivity contribution >= 4 is 0 Å². The molecule has 0 atom stereocenters. The van der Waals surface area contributed by atoms with Crippen LogP contribution in [0.2, 0.25) is 0 Å². The minimum Gasteiger partial charge on any atom is -0.493 e. The highest BCUT2D eigenvalue weighted by atomic mass is 16.5. The predicted octanol–water partition coefficient (Wildman–Crippen LogP) is 8.86. The molecule has 0 aliphatic carbocycles. The summed E-state index contributed by atoms with van der Waals surface area (Å²) in [6.45, 7) is 4.82. The van der Waals surface area contributed by atoms with Gasteiger partial charge in [-0.05, 0) is 72.5 Å². The van der Waals surface area contributed by atoms with Crippen LogP contribution in [0.4, 0.5) is 0 Å². The minimum atomic E-state index is 0.533. The Labute approximate surface area is 276 Å². The molecular weight excluding hydrogens is 572 g/mol. The molecule has 246 valence electrons. The highest BCUT2D eigenvalue weighted by Gasteiger charge is 2.08. The number of methoxy groups -OCH3 is 2. The van der Waals surface area contributed by atoms with Crippen molar-refractivity contribution in [3.05, 3.63) is 119 Å². The second-order valence-corrected chi connectivity index (χ2v) is 11.7. The smallest absolute Gasteiger partial charge is 0.161 e. The molecule has 0 fully saturated rings. The van der Waals surface area contributed by atoms with Gasteiger partial charge < -0.3 is 29.6 Å². The van der Waals surface area contributed by atoms with Crippen LogP contribution in [0.3, 0.4) is 0 Å². The summed E-state index contributed by atoms with van der Waals surface area (Å²) in [5.41, 5.74) is 4.70. The summed E-state index contributed by atoms with van der Waals surface area (Å²) in [5, 5.41) is 7.15. The number of benzene rings is 4. The molecule has 46 heavy (non-hydrogen) atoms. The van der Waals surface area contributed by atoms with Gasteiger partial charge in [-0.2, -0.15) is 0 Å². The van der Waals surface area contributed by atoms with Gasteiger partial charge in [0.2, 0.25) is 0 Å². The SMILES string of the molecule is COc1cc(CNCCCCCCCCCCNCc2ccc(OCc3ccccc3)c(OC)c2)ccc1OCc1ccccc1. The van der Waals surface area contributed by atoms with E-state index in [-0.39, 0.29) is 0 Å². The van der Waals surface area contributed by atoms with Crippen molar-refractivity contribution in [1.82, 2.24) is 10.6 Å². The molecule has 0 bridgehead atoms. The first-order chi connectivity index (χ1) is 22.7. The van der Waals surface area contributed by atoms with Gasteiger partial charge in [-0.25, -0.2) is 0 Å². The zero-order valence-corrected chi connectivity index (χ0v) is 27.8. The van der Waals surface area contributed by atoms with Gasteiger partial charge in [-0.15, -0.1) is 0 Å². The van der Waals surface area contributed by atoms with Gasteiger partial charge in [0.05, 0.1) is 14.2 Å². The summed E-state index contributed by atoms with van der Waals surface area (Å²) >= 11 is 0. The normalized spacial score (nSPS) is 10.9. The quantitative estimate of drug-likeness (QED) is 0.0804. The molecule has 6 nitrogen and oxygen atoms in total. The molecule has 0 spiro atoms. The lowest BCUT2D eigenvalue weighted by atomic mass is 10.1. The third-order valence-corrected chi connectivity index (χ3v) is 8.05. The Balaban J connectivity index is 0.970. The largest absolute Gasteiger partial charge is 0.493 e. The molecule has 0 amide bonds. The van der Waals surface area contributed by atoms with Crippen LogP contribution in [0, 0.1) is 0 Å². The van der Waals surface area contributed by atoms with Gasteiger partial charge in [0.15, 0.2) is 23.0 Å². The fraction of sp³-hybridized carbons (Fsp3) is 0.400. The van der Waals surface area contributed by atoms with Crippen molar-refractivity contribution in [2.24, 2.45) is 0 Å². The van der Waals surface area contributed by atoms with Gasteiger partial charge in [0.25, 0.3) is 0 Å². The van der Waals surface area contributed by atoms with E-state index in [4.69, 9.17) is 18.9 Å². The van der Waals surface area contributed by atoms with Gasteiger partial charge in [0, 0.05) is 13.1 Å². The Morgan fingerprint density at radius 2 is 0.804 bits per heavy atom. The maximum Gasteiger partial charge on any atom is 0.161 e. The Morgan fingerprint density at radius 3 is 1.20 bits per heavy atom. The summed E-state index contributed by atoms with van der Waals surface area (Å²) in [6, 6.07) is 32.8. The van der Waals surface area contributed by atoms with E-state index in [0.29, 0.717) is 13.2 Å². The predicted molar refractivity (Wildman–Crippen MR) is 188 cm³/mol. The molecule has 2 N–H and O–H groups in total. The fourth-order valence-electron chi connectivity index (χ4n) is 5.38. The molecular formula is C40H52N2O4. The standard InChI is InChI=1S/C40H52N2O4/c1-43-39-27-35(21-23-37(39)45-31-33-17-11-9-12-18-33)29-41-25-15-7-5-3-4-6-8-16-26-42-30-36-22-24-38(40(28-36)44-2)46-32-34-19-13-10-14-20-34/h9-14,17-24,27-28,41-42H,3-8,15-16,25-26,29-32H2,1-2H3. The van der Waals surface area contributed by atoms with Crippen molar-refractivity contribution in [3.8, 4) is 23.0 Å². The average molecular weight is 625 g/mol. The van der Waals surface area contributed by atoms with Crippen molar-refractivity contribution in [2.75, 3.05) is 27.3 Å². The Kier molecular flexibility index (Phi) is 15.9. The maximum absolute atomic E-state index is 5.98. The van der Waals surface area contributed by atoms with E-state index in [9.17, 15) is 0 Å². The van der Waals surface area contributed by atoms with E-state index in [1.165, 1.54) is 62.5 Å². The number of unbranched alkanes of at least 4 members (excludes halogenated alkanes) is 7. The molecule has 4 aromatic carbocycles. The van der Waals surface area contributed by atoms with Crippen LogP contribution in [0.25, 0.3) is 0 Å². The molecule has 0 heterocycles. The maximum atomic E-state index is 5.98. The lowest BCUT2D eigenvalue weighted by molar-refractivity contribution is 0.284. The van der Waals surface area contributed by atoms with Crippen LogP contribution < -0.4 is 29.6 Å². The molecule has 4 rings (SSSR count). The van der Waals surface area contributed by atoms with E-state index < -0.39 is 0 Å². The first-order valence-corrected chi connectivity index (χ1v) is 16.8. The number of hydrogen-bond acceptors (Lipinski definition) is 6. The summed E-state index contributed by atoms with van der Waals surface area (Å²) < 4.78 is 23.1. The second kappa shape index (κ2) is 20.9. The van der Waals surface area contributed by atoms with Crippen LogP contribution in [0.15, 0.2) is 97.1 Å². The fourth-order valence-corrected chi connectivity index (χ4v) is 5.38. The van der Waals surface area contributed by atoms with E-state index in [0.717, 1.165) is 60.3 Å². The van der Waals surface area contributed by atoms with E-state index in [2.05, 4.69) is 59.2 Å². The molecule has 0 aliphatic heterocycles. The lowest BCUT2D eigenvalue weighted by Crippen LogP contribution is -2.14. The number of hydrogen-bond donors (Lipinski definition) is 2. The molecule has 0 aromatic heterocycles. The number of ether oxygens (including phenoxy) is 4. The van der Waals surface area contributed by atoms with Crippen LogP contribution in [-0.4, -0.2) is 27.3 Å². The van der Waals surface area contributed by atoms with Crippen molar-refractivity contribution < 1.29 is 18.9 Å². The highest BCUT2D eigenvalue weighted by Crippen LogP contribution is 2.30. The Morgan fingerprint density at radius 1 is 0.413 bits per heavy atom. The molecule has 0 saturated carbocycles. The first kappa shape index (κ1) is 34.9. The van der Waals surface area contributed by atoms with Crippen molar-refractivity contribution in [3.63, 3.8) is 0 Å². The third kappa shape index (κ3) is 12.8. The lowest BCUT2D eigenvalue weighted by Gasteiger charge is -2.13. The van der Waals surface area contributed by atoms with Crippen LogP contribution in [0.5, 0.6) is 23.0 Å². The molecule has 0 unspecified atom stereocenters. The number of rotatable bonds is 23. The summed E-state index contributed by atoms with van der Waals surface area (Å²) in [5.74, 6) is 3.11. The molecule has 0 aliphatic rings. The molecule has 6 heteroatoms. The monoisotopic (exact) mass is 624 g/mol. The highest BCUT2D eigenvalue weighted by molar-refractivity contribution is 5.44. The van der Waals surface area contributed by atoms with Crippen LogP contribution >= 0.6 is 0 Å². The van der Waals surface area contributed by atoms with E-state index in [1.807, 2.05) is 48.5 Å². The third-order valence-electron chi connectivity index (χ3n) is 8.05. The molecule has 0 radical (unpaired) electrons. The van der Waals surface area contributed by atoms with E-state index >= 15 is 0 Å². The minimum absolute atomic E-state index is 0.533. The zero-order chi connectivity index (χ0) is 32.1. The summed E-state index contributed by atoms with van der Waals surface area (Å²) in [6.07, 6.45) is 10.3. The first-order valence-electron chi connectivity index (χ1n) is 16.8. The second-order valence-electron chi connectivity index (χ2n) is 11.7. The topological polar surface area (TPSA) is 61.0 Å². The van der Waals surface area contributed by atoms with Gasteiger partial charge in [0.1, 0.15) is 13.2 Å². The molecule has 4 aromatic rings.